The van der Waals surface area contributed by atoms with Crippen molar-refractivity contribution in [3.05, 3.63) is 66.5 Å². The lowest BCUT2D eigenvalue weighted by atomic mass is 10.0. The van der Waals surface area contributed by atoms with Crippen LogP contribution < -0.4 is 15.4 Å². The van der Waals surface area contributed by atoms with Gasteiger partial charge in [-0.25, -0.2) is 4.99 Å². The maximum absolute atomic E-state index is 13.5. The molecule has 1 saturated heterocycles. The third-order valence-electron chi connectivity index (χ3n) is 6.98. The van der Waals surface area contributed by atoms with Crippen molar-refractivity contribution in [2.24, 2.45) is 4.99 Å². The Labute approximate surface area is 237 Å². The first-order valence-corrected chi connectivity index (χ1v) is 14.3. The second-order valence-electron chi connectivity index (χ2n) is 10.1. The zero-order chi connectivity index (χ0) is 28.0. The lowest BCUT2D eigenvalue weighted by Gasteiger charge is -2.30. The SMILES string of the molecule is CN1CCC(Nc2cccc3c2cc(C#CCNc2ccc(SNC4=NC=CCC4)cc2)n3CC(F)(F)F)CC1. The van der Waals surface area contributed by atoms with Crippen LogP contribution in [-0.2, 0) is 6.54 Å². The Kier molecular flexibility index (Phi) is 8.92. The molecule has 3 aromatic rings. The molecule has 10 heteroatoms. The number of nitrogens with one attached hydrogen (secondary N) is 3. The number of aromatic nitrogens is 1. The number of aliphatic imine (C=N–C) groups is 1. The van der Waals surface area contributed by atoms with Gasteiger partial charge in [0, 0.05) is 40.3 Å². The summed E-state index contributed by atoms with van der Waals surface area (Å²) in [7, 11) is 2.10. The van der Waals surface area contributed by atoms with E-state index in [1.165, 1.54) is 16.5 Å². The van der Waals surface area contributed by atoms with Crippen LogP contribution in [0.25, 0.3) is 10.9 Å². The van der Waals surface area contributed by atoms with Crippen molar-refractivity contribution in [2.45, 2.75) is 49.3 Å². The summed E-state index contributed by atoms with van der Waals surface area (Å²) in [5, 5.41) is 7.57. The highest BCUT2D eigenvalue weighted by molar-refractivity contribution is 7.98. The molecule has 0 aliphatic carbocycles. The minimum absolute atomic E-state index is 0.297. The van der Waals surface area contributed by atoms with Crippen molar-refractivity contribution in [3.63, 3.8) is 0 Å². The molecule has 0 amide bonds. The Morgan fingerprint density at radius 2 is 1.90 bits per heavy atom. The minimum atomic E-state index is -4.35. The number of benzene rings is 2. The molecule has 0 saturated carbocycles. The van der Waals surface area contributed by atoms with Crippen molar-refractivity contribution in [1.82, 2.24) is 14.2 Å². The first-order valence-electron chi connectivity index (χ1n) is 13.5. The van der Waals surface area contributed by atoms with Crippen LogP contribution in [0.3, 0.4) is 0 Å². The topological polar surface area (TPSA) is 56.6 Å². The first-order chi connectivity index (χ1) is 19.3. The predicted octanol–water partition coefficient (Wildman–Crippen LogP) is 6.48. The van der Waals surface area contributed by atoms with Gasteiger partial charge < -0.3 is 24.8 Å². The van der Waals surface area contributed by atoms with E-state index in [9.17, 15) is 13.2 Å². The van der Waals surface area contributed by atoms with Gasteiger partial charge in [0.1, 0.15) is 12.4 Å². The molecule has 0 bridgehead atoms. The molecule has 3 heterocycles. The number of alkyl halides is 3. The zero-order valence-corrected chi connectivity index (χ0v) is 23.2. The average Bonchev–Trinajstić information content (AvgIpc) is 3.29. The maximum atomic E-state index is 13.5. The predicted molar refractivity (Wildman–Crippen MR) is 159 cm³/mol. The van der Waals surface area contributed by atoms with Crippen LogP contribution in [0.5, 0.6) is 0 Å². The third kappa shape index (κ3) is 7.55. The van der Waals surface area contributed by atoms with E-state index in [1.54, 1.807) is 12.1 Å². The van der Waals surface area contributed by atoms with Gasteiger partial charge in [0.25, 0.3) is 0 Å². The summed E-state index contributed by atoms with van der Waals surface area (Å²) in [6.45, 7) is 1.22. The van der Waals surface area contributed by atoms with E-state index in [0.717, 1.165) is 66.3 Å². The third-order valence-corrected chi connectivity index (χ3v) is 7.83. The Balaban J connectivity index is 1.26. The molecule has 0 atom stereocenters. The van der Waals surface area contributed by atoms with Crippen LogP contribution in [0.4, 0.5) is 24.5 Å². The molecular weight excluding hydrogens is 533 g/mol. The van der Waals surface area contributed by atoms with Crippen molar-refractivity contribution < 1.29 is 13.2 Å². The Hall–Kier alpha value is -3.55. The molecule has 1 aromatic heterocycles. The van der Waals surface area contributed by atoms with Gasteiger partial charge in [-0.05, 0) is 99.7 Å². The largest absolute Gasteiger partial charge is 0.406 e. The van der Waals surface area contributed by atoms with E-state index < -0.39 is 12.7 Å². The summed E-state index contributed by atoms with van der Waals surface area (Å²) >= 11 is 1.51. The number of halogens is 3. The quantitative estimate of drug-likeness (QED) is 0.226. The monoisotopic (exact) mass is 566 g/mol. The molecule has 2 aliphatic rings. The molecular formula is C30H33F3N6S. The number of amidine groups is 1. The molecule has 6 nitrogen and oxygen atoms in total. The Bertz CT molecular complexity index is 1420. The highest BCUT2D eigenvalue weighted by Gasteiger charge is 2.30. The molecule has 0 unspecified atom stereocenters. The molecule has 0 spiro atoms. The van der Waals surface area contributed by atoms with E-state index in [0.29, 0.717) is 23.8 Å². The summed E-state index contributed by atoms with van der Waals surface area (Å²) in [5.41, 5.74) is 2.63. The van der Waals surface area contributed by atoms with Gasteiger partial charge >= 0.3 is 6.18 Å². The number of allylic oxidation sites excluding steroid dienone is 1. The van der Waals surface area contributed by atoms with Gasteiger partial charge in [-0.1, -0.05) is 18.1 Å². The fourth-order valence-corrected chi connectivity index (χ4v) is 5.52. The number of hydrogen-bond donors (Lipinski definition) is 3. The van der Waals surface area contributed by atoms with Crippen LogP contribution in [0.2, 0.25) is 0 Å². The molecule has 0 radical (unpaired) electrons. The van der Waals surface area contributed by atoms with Gasteiger partial charge in [-0.15, -0.1) is 0 Å². The molecule has 3 N–H and O–H groups in total. The van der Waals surface area contributed by atoms with Gasteiger partial charge in [-0.2, -0.15) is 13.2 Å². The smallest absolute Gasteiger partial charge is 0.382 e. The molecule has 210 valence electrons. The van der Waals surface area contributed by atoms with Gasteiger partial charge in [0.15, 0.2) is 0 Å². The summed E-state index contributed by atoms with van der Waals surface area (Å²) in [5.74, 6) is 6.95. The number of piperidine rings is 1. The van der Waals surface area contributed by atoms with Crippen LogP contribution in [0.15, 0.2) is 70.7 Å². The summed E-state index contributed by atoms with van der Waals surface area (Å²) in [6.07, 6.45) is 3.39. The number of hydrogen-bond acceptors (Lipinski definition) is 6. The second-order valence-corrected chi connectivity index (χ2v) is 11.0. The van der Waals surface area contributed by atoms with Crippen LogP contribution in [0, 0.1) is 11.8 Å². The lowest BCUT2D eigenvalue weighted by molar-refractivity contribution is -0.140. The van der Waals surface area contributed by atoms with Gasteiger partial charge in [0.2, 0.25) is 0 Å². The maximum Gasteiger partial charge on any atom is 0.406 e. The highest BCUT2D eigenvalue weighted by atomic mass is 32.2. The average molecular weight is 567 g/mol. The Morgan fingerprint density at radius 3 is 2.62 bits per heavy atom. The molecule has 40 heavy (non-hydrogen) atoms. The van der Waals surface area contributed by atoms with Gasteiger partial charge in [-0.3, -0.25) is 0 Å². The highest BCUT2D eigenvalue weighted by Crippen LogP contribution is 2.31. The van der Waals surface area contributed by atoms with Crippen LogP contribution >= 0.6 is 11.9 Å². The number of fused-ring (bicyclic) bond motifs is 1. The normalized spacial score (nSPS) is 16.4. The van der Waals surface area contributed by atoms with Crippen molar-refractivity contribution in [3.8, 4) is 11.8 Å². The number of nitrogens with zero attached hydrogens (tertiary/aromatic N) is 3. The standard InChI is InChI=1S/C30H33F3N6S/c1-38-18-14-23(15-19-38)36-27-7-4-8-28-26(27)20-24(39(28)21-30(31,32)33)6-5-17-34-22-10-12-25(13-11-22)40-37-29-9-2-3-16-35-29/h3-4,7-8,10-13,16,20,23,34,36H,2,9,14-15,17-19,21H2,1H3,(H,35,37). The number of anilines is 2. The van der Waals surface area contributed by atoms with Crippen LogP contribution in [0.1, 0.15) is 31.4 Å². The minimum Gasteiger partial charge on any atom is -0.382 e. The van der Waals surface area contributed by atoms with Gasteiger partial charge in [0.05, 0.1) is 17.8 Å². The molecule has 2 aliphatic heterocycles. The van der Waals surface area contributed by atoms with Crippen molar-refractivity contribution in [1.29, 1.82) is 0 Å². The Morgan fingerprint density at radius 1 is 1.10 bits per heavy atom. The van der Waals surface area contributed by atoms with E-state index in [1.807, 2.05) is 48.7 Å². The fourth-order valence-electron chi connectivity index (χ4n) is 4.86. The van der Waals surface area contributed by atoms with Crippen LogP contribution in [-0.4, -0.2) is 54.2 Å². The van der Waals surface area contributed by atoms with E-state index in [2.05, 4.69) is 44.1 Å². The molecule has 5 rings (SSSR count). The fraction of sp³-hybridized carbons (Fsp3) is 0.367. The van der Waals surface area contributed by atoms with E-state index in [-0.39, 0.29) is 0 Å². The van der Waals surface area contributed by atoms with Crippen molar-refractivity contribution in [2.75, 3.05) is 37.3 Å². The summed E-state index contributed by atoms with van der Waals surface area (Å²) in [4.78, 5) is 7.66. The van der Waals surface area contributed by atoms with Crippen molar-refractivity contribution >= 4 is 40.1 Å². The lowest BCUT2D eigenvalue weighted by Crippen LogP contribution is -2.36. The second kappa shape index (κ2) is 12.7. The summed E-state index contributed by atoms with van der Waals surface area (Å²) < 4.78 is 45.1. The zero-order valence-electron chi connectivity index (χ0n) is 22.4. The number of likely N-dealkylation sites (tertiary alicyclic amines) is 1. The summed E-state index contributed by atoms with van der Waals surface area (Å²) in [6, 6.07) is 15.4. The van der Waals surface area contributed by atoms with E-state index in [4.69, 9.17) is 0 Å². The molecule has 1 fully saturated rings. The van der Waals surface area contributed by atoms with E-state index >= 15 is 0 Å². The number of rotatable bonds is 7. The molecule has 2 aromatic carbocycles. The first kappa shape index (κ1) is 28.0.